The quantitative estimate of drug-likeness (QED) is 0.863. The Morgan fingerprint density at radius 1 is 1.56 bits per heavy atom. The van der Waals surface area contributed by atoms with E-state index in [1.165, 1.54) is 0 Å². The van der Waals surface area contributed by atoms with E-state index in [0.29, 0.717) is 6.04 Å². The number of anilines is 1. The van der Waals surface area contributed by atoms with Gasteiger partial charge >= 0.3 is 0 Å². The summed E-state index contributed by atoms with van der Waals surface area (Å²) in [5, 5.41) is 6.45. The molecule has 0 aliphatic heterocycles. The number of rotatable bonds is 5. The molecule has 0 amide bonds. The normalized spacial score (nSPS) is 12.6. The first-order valence-electron chi connectivity index (χ1n) is 5.45. The molecular formula is C12H16N2OS. The Morgan fingerprint density at radius 3 is 3.06 bits per heavy atom. The van der Waals surface area contributed by atoms with Gasteiger partial charge in [0.15, 0.2) is 5.13 Å². The molecule has 2 rings (SSSR count). The van der Waals surface area contributed by atoms with Crippen molar-refractivity contribution < 1.29 is 4.42 Å². The Bertz CT molecular complexity index is 422. The lowest BCUT2D eigenvalue weighted by Crippen LogP contribution is -2.15. The number of nitrogens with zero attached hydrogens (tertiary/aromatic N) is 1. The number of aryl methyl sites for hydroxylation is 2. The van der Waals surface area contributed by atoms with Gasteiger partial charge in [0.2, 0.25) is 0 Å². The van der Waals surface area contributed by atoms with Crippen LogP contribution in [-0.4, -0.2) is 11.0 Å². The van der Waals surface area contributed by atoms with Crippen molar-refractivity contribution in [3.05, 3.63) is 35.2 Å². The zero-order valence-electron chi connectivity index (χ0n) is 9.56. The maximum absolute atomic E-state index is 5.30. The van der Waals surface area contributed by atoms with Crippen molar-refractivity contribution in [3.63, 3.8) is 0 Å². The first kappa shape index (κ1) is 11.2. The largest absolute Gasteiger partial charge is 0.469 e. The predicted molar refractivity (Wildman–Crippen MR) is 67.0 cm³/mol. The molecule has 1 N–H and O–H groups in total. The molecule has 2 heterocycles. The van der Waals surface area contributed by atoms with Crippen molar-refractivity contribution in [2.45, 2.75) is 32.7 Å². The van der Waals surface area contributed by atoms with E-state index in [1.807, 2.05) is 19.1 Å². The molecule has 2 aromatic rings. The minimum Gasteiger partial charge on any atom is -0.469 e. The molecule has 16 heavy (non-hydrogen) atoms. The van der Waals surface area contributed by atoms with Crippen LogP contribution in [0.2, 0.25) is 0 Å². The van der Waals surface area contributed by atoms with Gasteiger partial charge < -0.3 is 9.73 Å². The minimum absolute atomic E-state index is 0.413. The van der Waals surface area contributed by atoms with Gasteiger partial charge in [-0.1, -0.05) is 0 Å². The van der Waals surface area contributed by atoms with Crippen molar-refractivity contribution in [1.29, 1.82) is 0 Å². The zero-order valence-corrected chi connectivity index (χ0v) is 10.4. The topological polar surface area (TPSA) is 38.1 Å². The molecule has 4 heteroatoms. The average Bonchev–Trinajstić information content (AvgIpc) is 2.87. The molecule has 1 atom stereocenters. The highest BCUT2D eigenvalue weighted by atomic mass is 32.1. The monoisotopic (exact) mass is 236 g/mol. The van der Waals surface area contributed by atoms with E-state index in [4.69, 9.17) is 4.42 Å². The number of furan rings is 1. The standard InChI is InChI=1S/C12H16N2OS/c1-9(5-6-11-4-3-7-15-11)13-12-14-10(2)8-16-12/h3-4,7-9H,5-6H2,1-2H3,(H,13,14). The third-order valence-corrected chi connectivity index (χ3v) is 3.28. The molecule has 0 spiro atoms. The number of thiazole rings is 1. The van der Waals surface area contributed by atoms with E-state index >= 15 is 0 Å². The lowest BCUT2D eigenvalue weighted by atomic mass is 10.1. The fraction of sp³-hybridized carbons (Fsp3) is 0.417. The number of hydrogen-bond acceptors (Lipinski definition) is 4. The molecule has 1 unspecified atom stereocenters. The van der Waals surface area contributed by atoms with E-state index < -0.39 is 0 Å². The third-order valence-electron chi connectivity index (χ3n) is 2.39. The van der Waals surface area contributed by atoms with Gasteiger partial charge in [0.05, 0.1) is 12.0 Å². The molecule has 0 radical (unpaired) electrons. The van der Waals surface area contributed by atoms with Gasteiger partial charge in [-0.05, 0) is 32.4 Å². The highest BCUT2D eigenvalue weighted by Crippen LogP contribution is 2.17. The van der Waals surface area contributed by atoms with Gasteiger partial charge in [-0.3, -0.25) is 0 Å². The molecule has 0 saturated heterocycles. The average molecular weight is 236 g/mol. The smallest absolute Gasteiger partial charge is 0.183 e. The molecular weight excluding hydrogens is 220 g/mol. The van der Waals surface area contributed by atoms with Crippen molar-refractivity contribution in [2.24, 2.45) is 0 Å². The Morgan fingerprint density at radius 2 is 2.44 bits per heavy atom. The summed E-state index contributed by atoms with van der Waals surface area (Å²) >= 11 is 1.66. The van der Waals surface area contributed by atoms with Crippen LogP contribution in [-0.2, 0) is 6.42 Å². The van der Waals surface area contributed by atoms with Crippen molar-refractivity contribution >= 4 is 16.5 Å². The zero-order chi connectivity index (χ0) is 11.4. The van der Waals surface area contributed by atoms with E-state index in [1.54, 1.807) is 17.6 Å². The van der Waals surface area contributed by atoms with Gasteiger partial charge in [-0.15, -0.1) is 11.3 Å². The second-order valence-electron chi connectivity index (χ2n) is 3.96. The molecule has 3 nitrogen and oxygen atoms in total. The molecule has 86 valence electrons. The van der Waals surface area contributed by atoms with Crippen molar-refractivity contribution in [2.75, 3.05) is 5.32 Å². The molecule has 0 saturated carbocycles. The maximum Gasteiger partial charge on any atom is 0.183 e. The van der Waals surface area contributed by atoms with Crippen molar-refractivity contribution in [3.8, 4) is 0 Å². The summed E-state index contributed by atoms with van der Waals surface area (Å²) in [6, 6.07) is 4.35. The molecule has 0 fully saturated rings. The van der Waals surface area contributed by atoms with Gasteiger partial charge in [-0.25, -0.2) is 4.98 Å². The van der Waals surface area contributed by atoms with E-state index in [9.17, 15) is 0 Å². The first-order valence-corrected chi connectivity index (χ1v) is 6.33. The van der Waals surface area contributed by atoms with E-state index in [-0.39, 0.29) is 0 Å². The van der Waals surface area contributed by atoms with Gasteiger partial charge in [0.25, 0.3) is 0 Å². The Labute approximate surface area is 99.5 Å². The molecule has 0 aliphatic carbocycles. The van der Waals surface area contributed by atoms with Crippen LogP contribution in [0.15, 0.2) is 28.2 Å². The SMILES string of the molecule is Cc1csc(NC(C)CCc2ccco2)n1. The van der Waals surface area contributed by atoms with Gasteiger partial charge in [-0.2, -0.15) is 0 Å². The Kier molecular flexibility index (Phi) is 3.62. The van der Waals surface area contributed by atoms with Crippen LogP contribution in [0.25, 0.3) is 0 Å². The van der Waals surface area contributed by atoms with Crippen LogP contribution < -0.4 is 5.32 Å². The third kappa shape index (κ3) is 3.10. The summed E-state index contributed by atoms with van der Waals surface area (Å²) in [6.45, 7) is 4.18. The first-order chi connectivity index (χ1) is 7.74. The van der Waals surface area contributed by atoms with Crippen LogP contribution in [0.1, 0.15) is 24.8 Å². The lowest BCUT2D eigenvalue weighted by Gasteiger charge is -2.11. The van der Waals surface area contributed by atoms with Crippen LogP contribution in [0.5, 0.6) is 0 Å². The Balaban J connectivity index is 1.78. The van der Waals surface area contributed by atoms with Crippen LogP contribution in [0.4, 0.5) is 5.13 Å². The maximum atomic E-state index is 5.30. The number of aromatic nitrogens is 1. The fourth-order valence-electron chi connectivity index (χ4n) is 1.52. The number of nitrogens with one attached hydrogen (secondary N) is 1. The van der Waals surface area contributed by atoms with E-state index in [2.05, 4.69) is 22.6 Å². The Hall–Kier alpha value is -1.29. The summed E-state index contributed by atoms with van der Waals surface area (Å²) in [6.07, 6.45) is 3.73. The second-order valence-corrected chi connectivity index (χ2v) is 4.82. The summed E-state index contributed by atoms with van der Waals surface area (Å²) in [4.78, 5) is 4.38. The van der Waals surface area contributed by atoms with Crippen LogP contribution in [0.3, 0.4) is 0 Å². The summed E-state index contributed by atoms with van der Waals surface area (Å²) in [7, 11) is 0. The van der Waals surface area contributed by atoms with Crippen LogP contribution >= 0.6 is 11.3 Å². The molecule has 0 aliphatic rings. The summed E-state index contributed by atoms with van der Waals surface area (Å²) in [5.41, 5.74) is 1.07. The highest BCUT2D eigenvalue weighted by Gasteiger charge is 2.06. The molecule has 2 aromatic heterocycles. The summed E-state index contributed by atoms with van der Waals surface area (Å²) in [5.74, 6) is 1.05. The molecule has 0 aromatic carbocycles. The lowest BCUT2D eigenvalue weighted by molar-refractivity contribution is 0.495. The highest BCUT2D eigenvalue weighted by molar-refractivity contribution is 7.13. The van der Waals surface area contributed by atoms with Gasteiger partial charge in [0, 0.05) is 17.8 Å². The van der Waals surface area contributed by atoms with E-state index in [0.717, 1.165) is 29.4 Å². The van der Waals surface area contributed by atoms with Gasteiger partial charge in [0.1, 0.15) is 5.76 Å². The van der Waals surface area contributed by atoms with Crippen LogP contribution in [0, 0.1) is 6.92 Å². The minimum atomic E-state index is 0.413. The summed E-state index contributed by atoms with van der Waals surface area (Å²) < 4.78 is 5.30. The number of hydrogen-bond donors (Lipinski definition) is 1. The second kappa shape index (κ2) is 5.16. The van der Waals surface area contributed by atoms with Crippen molar-refractivity contribution in [1.82, 2.24) is 4.98 Å². The molecule has 0 bridgehead atoms. The fourth-order valence-corrected chi connectivity index (χ4v) is 2.32. The predicted octanol–water partition coefficient (Wildman–Crippen LogP) is 3.48.